The van der Waals surface area contributed by atoms with Crippen molar-refractivity contribution in [1.29, 1.82) is 0 Å². The van der Waals surface area contributed by atoms with Gasteiger partial charge in [-0.25, -0.2) is 9.98 Å². The summed E-state index contributed by atoms with van der Waals surface area (Å²) >= 11 is 2.75. The summed E-state index contributed by atoms with van der Waals surface area (Å²) in [6.45, 7) is 8.21. The van der Waals surface area contributed by atoms with Crippen LogP contribution in [0.15, 0.2) is 45.7 Å². The quantitative estimate of drug-likeness (QED) is 0.449. The molecule has 6 rings (SSSR count). The van der Waals surface area contributed by atoms with E-state index >= 15 is 0 Å². The molecule has 2 aromatic rings. The highest BCUT2D eigenvalue weighted by molar-refractivity contribution is 8.14. The van der Waals surface area contributed by atoms with Crippen LogP contribution in [0.4, 0.5) is 0 Å². The van der Waals surface area contributed by atoms with Gasteiger partial charge in [0.2, 0.25) is 23.6 Å². The summed E-state index contributed by atoms with van der Waals surface area (Å²) in [5, 5.41) is 12.0. The Balaban J connectivity index is 1.35. The third-order valence-corrected chi connectivity index (χ3v) is 11.4. The Hall–Kier alpha value is -3.78. The van der Waals surface area contributed by atoms with E-state index in [1.165, 1.54) is 23.1 Å². The molecule has 47 heavy (non-hydrogen) atoms. The van der Waals surface area contributed by atoms with Crippen LogP contribution in [0.1, 0.15) is 74.1 Å². The lowest BCUT2D eigenvalue weighted by atomic mass is 9.99. The lowest BCUT2D eigenvalue weighted by Gasteiger charge is -2.29. The molecule has 5 heterocycles. The van der Waals surface area contributed by atoms with Crippen molar-refractivity contribution < 1.29 is 23.9 Å². The predicted octanol–water partition coefficient (Wildman–Crippen LogP) is 2.90. The molecule has 1 aromatic carbocycles. The van der Waals surface area contributed by atoms with Crippen molar-refractivity contribution in [1.82, 2.24) is 25.8 Å². The SMILES string of the molecule is CCC(C)[C@H]1NC(=O)[C@H]2N=C(O[C@@H]2C)[C@@H]2CCCN2C(=O)[C@@H](Cc2ccccc2)NC(=O)c2csc(n2)[C@H](C)NC(=O)[C@@H]2CSC1=N2. The van der Waals surface area contributed by atoms with Crippen molar-refractivity contribution in [3.63, 3.8) is 0 Å². The van der Waals surface area contributed by atoms with Crippen LogP contribution in [0, 0.1) is 5.92 Å². The predicted molar refractivity (Wildman–Crippen MR) is 182 cm³/mol. The third-order valence-electron chi connectivity index (χ3n) is 9.23. The number of aliphatic imine (C=N–C) groups is 2. The van der Waals surface area contributed by atoms with E-state index in [1.54, 1.807) is 10.3 Å². The molecule has 4 aliphatic heterocycles. The molecule has 1 fully saturated rings. The average Bonchev–Trinajstić information content (AvgIpc) is 3.89. The minimum absolute atomic E-state index is 0.0666. The number of thioether (sulfide) groups is 1. The van der Waals surface area contributed by atoms with Crippen LogP contribution in [0.25, 0.3) is 0 Å². The molecule has 12 nitrogen and oxygen atoms in total. The van der Waals surface area contributed by atoms with Gasteiger partial charge >= 0.3 is 0 Å². The van der Waals surface area contributed by atoms with E-state index in [4.69, 9.17) is 14.7 Å². The largest absolute Gasteiger partial charge is 0.474 e. The maximum absolute atomic E-state index is 14.2. The standard InChI is InChI=1S/C33H41N7O5S2/c1-5-17(2)25-32-37-22(16-47-32)27(41)34-18(3)31-36-23(15-46-31)28(42)35-21(14-20-10-7-6-8-11-20)33(44)40-13-9-12-24(40)30-39-26(19(4)45-30)29(43)38-25/h6-8,10-11,15,17-19,21-22,24-26H,5,9,12-14,16H2,1-4H3,(H,34,41)(H,35,42)(H,38,43)/t17?,18-,19+,21+,22-,24-,25+,26-/m0/s1. The van der Waals surface area contributed by atoms with Crippen LogP contribution < -0.4 is 16.0 Å². The number of nitrogens with one attached hydrogen (secondary N) is 3. The molecule has 4 aliphatic rings. The molecule has 14 heteroatoms. The van der Waals surface area contributed by atoms with E-state index < -0.39 is 42.2 Å². The highest BCUT2D eigenvalue weighted by Crippen LogP contribution is 2.29. The molecule has 1 saturated heterocycles. The maximum atomic E-state index is 14.2. The number of hydrogen-bond donors (Lipinski definition) is 3. The molecule has 0 saturated carbocycles. The van der Waals surface area contributed by atoms with Crippen LogP contribution in [0.5, 0.6) is 0 Å². The Morgan fingerprint density at radius 1 is 1.04 bits per heavy atom. The number of fused-ring (bicyclic) bond motifs is 6. The van der Waals surface area contributed by atoms with Crippen molar-refractivity contribution in [2.75, 3.05) is 12.3 Å². The van der Waals surface area contributed by atoms with Crippen LogP contribution in [-0.4, -0.2) is 93.1 Å². The van der Waals surface area contributed by atoms with E-state index in [2.05, 4.69) is 34.8 Å². The number of amides is 4. The van der Waals surface area contributed by atoms with E-state index in [9.17, 15) is 19.2 Å². The van der Waals surface area contributed by atoms with E-state index in [-0.39, 0.29) is 41.8 Å². The molecule has 3 N–H and O–H groups in total. The maximum Gasteiger partial charge on any atom is 0.271 e. The smallest absolute Gasteiger partial charge is 0.271 e. The monoisotopic (exact) mass is 679 g/mol. The fourth-order valence-corrected chi connectivity index (χ4v) is 8.35. The number of ether oxygens (including phenoxy) is 1. The van der Waals surface area contributed by atoms with Crippen LogP contribution in [0.2, 0.25) is 0 Å². The Morgan fingerprint density at radius 3 is 2.60 bits per heavy atom. The molecule has 1 aromatic heterocycles. The summed E-state index contributed by atoms with van der Waals surface area (Å²) in [6, 6.07) is 5.96. The van der Waals surface area contributed by atoms with E-state index in [0.717, 1.165) is 18.4 Å². The van der Waals surface area contributed by atoms with Gasteiger partial charge in [0, 0.05) is 24.1 Å². The number of benzene rings is 1. The van der Waals surface area contributed by atoms with Crippen LogP contribution >= 0.6 is 23.1 Å². The average molecular weight is 680 g/mol. The van der Waals surface area contributed by atoms with Crippen molar-refractivity contribution >= 4 is 57.7 Å². The lowest BCUT2D eigenvalue weighted by molar-refractivity contribution is -0.133. The first-order valence-electron chi connectivity index (χ1n) is 16.3. The number of hydrogen-bond acceptors (Lipinski definition) is 10. The third kappa shape index (κ3) is 7.08. The molecular weight excluding hydrogens is 639 g/mol. The number of rotatable bonds is 4. The highest BCUT2D eigenvalue weighted by atomic mass is 32.2. The molecular formula is C33H41N7O5S2. The minimum atomic E-state index is -0.872. The molecule has 250 valence electrons. The summed E-state index contributed by atoms with van der Waals surface area (Å²) in [6.07, 6.45) is 1.92. The first kappa shape index (κ1) is 33.1. The Morgan fingerprint density at radius 2 is 1.83 bits per heavy atom. The lowest BCUT2D eigenvalue weighted by Crippen LogP contribution is -2.52. The second-order valence-corrected chi connectivity index (χ2v) is 14.5. The zero-order valence-corrected chi connectivity index (χ0v) is 28.6. The Kier molecular flexibility index (Phi) is 9.97. The number of aromatic nitrogens is 1. The van der Waals surface area contributed by atoms with Crippen LogP contribution in [0.3, 0.4) is 0 Å². The molecule has 4 amide bonds. The van der Waals surface area contributed by atoms with Gasteiger partial charge in [0.05, 0.1) is 17.1 Å². The molecule has 8 atom stereocenters. The fraction of sp³-hybridized carbons (Fsp3) is 0.545. The van der Waals surface area contributed by atoms with Gasteiger partial charge in [-0.3, -0.25) is 24.2 Å². The van der Waals surface area contributed by atoms with Gasteiger partial charge in [-0.2, -0.15) is 0 Å². The van der Waals surface area contributed by atoms with Crippen molar-refractivity contribution in [2.24, 2.45) is 15.9 Å². The van der Waals surface area contributed by atoms with Gasteiger partial charge < -0.3 is 25.6 Å². The van der Waals surface area contributed by atoms with Gasteiger partial charge in [-0.1, -0.05) is 50.6 Å². The van der Waals surface area contributed by atoms with Crippen molar-refractivity contribution in [2.45, 2.75) is 95.7 Å². The van der Waals surface area contributed by atoms with Crippen LogP contribution in [-0.2, 0) is 25.5 Å². The molecule has 1 unspecified atom stereocenters. The summed E-state index contributed by atoms with van der Waals surface area (Å²) in [4.78, 5) is 70.6. The van der Waals surface area contributed by atoms with E-state index in [0.29, 0.717) is 34.7 Å². The molecule has 6 bridgehead atoms. The highest BCUT2D eigenvalue weighted by Gasteiger charge is 2.44. The van der Waals surface area contributed by atoms with Gasteiger partial charge in [-0.05, 0) is 38.2 Å². The number of nitrogens with zero attached hydrogens (tertiary/aromatic N) is 4. The number of thiazole rings is 1. The second kappa shape index (κ2) is 14.1. The first-order valence-corrected chi connectivity index (χ1v) is 18.2. The van der Waals surface area contributed by atoms with Gasteiger partial charge in [0.1, 0.15) is 34.9 Å². The zero-order chi connectivity index (χ0) is 33.2. The number of carbonyl (C=O) groups excluding carboxylic acids is 4. The Bertz CT molecular complexity index is 1580. The van der Waals surface area contributed by atoms with E-state index in [1.807, 2.05) is 44.2 Å². The fourth-order valence-electron chi connectivity index (χ4n) is 6.31. The normalized spacial score (nSPS) is 30.6. The topological polar surface area (TPSA) is 154 Å². The summed E-state index contributed by atoms with van der Waals surface area (Å²) in [7, 11) is 0. The second-order valence-electron chi connectivity index (χ2n) is 12.6. The first-order chi connectivity index (χ1) is 22.6. The Labute approximate surface area is 282 Å². The van der Waals surface area contributed by atoms with Crippen molar-refractivity contribution in [3.05, 3.63) is 52.0 Å². The van der Waals surface area contributed by atoms with Gasteiger partial charge in [0.15, 0.2) is 6.04 Å². The van der Waals surface area contributed by atoms with Gasteiger partial charge in [-0.15, -0.1) is 23.1 Å². The zero-order valence-electron chi connectivity index (χ0n) is 27.0. The molecule has 0 radical (unpaired) electrons. The number of carbonyl (C=O) groups is 4. The molecule has 0 aliphatic carbocycles. The summed E-state index contributed by atoms with van der Waals surface area (Å²) in [5.74, 6) is -0.360. The molecule has 0 spiro atoms. The van der Waals surface area contributed by atoms with Crippen molar-refractivity contribution in [3.8, 4) is 0 Å². The summed E-state index contributed by atoms with van der Waals surface area (Å²) in [5.41, 5.74) is 1.08. The minimum Gasteiger partial charge on any atom is -0.474 e. The van der Waals surface area contributed by atoms with Gasteiger partial charge in [0.25, 0.3) is 5.91 Å². The summed E-state index contributed by atoms with van der Waals surface area (Å²) < 4.78 is 6.18.